The van der Waals surface area contributed by atoms with Crippen molar-refractivity contribution in [3.63, 3.8) is 0 Å². The second-order valence-electron chi connectivity index (χ2n) is 3.46. The van der Waals surface area contributed by atoms with Crippen molar-refractivity contribution in [3.8, 4) is 0 Å². The van der Waals surface area contributed by atoms with E-state index < -0.39 is 43.2 Å². The molecule has 1 fully saturated rings. The zero-order valence-electron chi connectivity index (χ0n) is 8.20. The van der Waals surface area contributed by atoms with E-state index in [0.29, 0.717) is 0 Å². The Morgan fingerprint density at radius 1 is 1.33 bits per heavy atom. The fourth-order valence-corrected chi connectivity index (χ4v) is 1.51. The van der Waals surface area contributed by atoms with E-state index in [-0.39, 0.29) is 0 Å². The van der Waals surface area contributed by atoms with E-state index in [1.165, 1.54) is 6.92 Å². The van der Waals surface area contributed by atoms with Gasteiger partial charge in [0.25, 0.3) is 0 Å². The summed E-state index contributed by atoms with van der Waals surface area (Å²) in [6.07, 6.45) is -5.40. The molecule has 88 valence electrons. The van der Waals surface area contributed by atoms with Gasteiger partial charge < -0.3 is 30.5 Å². The van der Waals surface area contributed by atoms with Crippen LogP contribution in [0.4, 0.5) is 0 Å². The molecule has 15 heavy (non-hydrogen) atoms. The molecule has 1 amide bonds. The van der Waals surface area contributed by atoms with E-state index in [2.05, 4.69) is 5.32 Å². The highest BCUT2D eigenvalue weighted by molar-refractivity contribution is 5.73. The first-order valence-corrected chi connectivity index (χ1v) is 4.55. The highest BCUT2D eigenvalue weighted by Gasteiger charge is 2.43. The fraction of sp³-hybridized carbons (Fsp3) is 0.875. The Hall–Kier alpha value is -0.730. The lowest BCUT2D eigenvalue weighted by Gasteiger charge is -2.40. The summed E-state index contributed by atoms with van der Waals surface area (Å²) in [5.41, 5.74) is 0. The zero-order valence-corrected chi connectivity index (χ0v) is 8.20. The summed E-state index contributed by atoms with van der Waals surface area (Å²) in [6.45, 7) is 0.754. The Morgan fingerprint density at radius 2 is 1.93 bits per heavy atom. The maximum atomic E-state index is 10.8. The van der Waals surface area contributed by atoms with E-state index in [1.54, 1.807) is 0 Å². The molecule has 0 unspecified atom stereocenters. The Balaban J connectivity index is 2.75. The first-order chi connectivity index (χ1) is 6.97. The summed E-state index contributed by atoms with van der Waals surface area (Å²) in [4.78, 5) is 10.8. The third-order valence-electron chi connectivity index (χ3n) is 2.27. The Bertz CT molecular complexity index is 233. The topological polar surface area (TPSA) is 119 Å². The molecule has 0 saturated carbocycles. The van der Waals surface area contributed by atoms with Gasteiger partial charge in [-0.05, 0) is 0 Å². The van der Waals surface area contributed by atoms with Crippen LogP contribution in [0.15, 0.2) is 0 Å². The Labute approximate surface area is 86.3 Å². The van der Waals surface area contributed by atoms with Crippen molar-refractivity contribution < 1.29 is 30.0 Å². The van der Waals surface area contributed by atoms with Gasteiger partial charge in [-0.15, -0.1) is 0 Å². The monoisotopic (exact) mass is 221 g/mol. The molecule has 7 heteroatoms. The third-order valence-corrected chi connectivity index (χ3v) is 2.27. The SMILES string of the molecule is CC(=O)N[C@@H]1[C@H](O)[C@@H](O)[C@@H](O)O[C@@H]1CO. The molecule has 0 bridgehead atoms. The van der Waals surface area contributed by atoms with Gasteiger partial charge in [0, 0.05) is 6.92 Å². The van der Waals surface area contributed by atoms with Crippen molar-refractivity contribution in [1.82, 2.24) is 5.32 Å². The highest BCUT2D eigenvalue weighted by atomic mass is 16.6. The quantitative estimate of drug-likeness (QED) is 0.337. The first-order valence-electron chi connectivity index (χ1n) is 4.55. The molecule has 5 N–H and O–H groups in total. The summed E-state index contributed by atoms with van der Waals surface area (Å²) < 4.78 is 4.81. The molecule has 1 aliphatic rings. The molecule has 1 saturated heterocycles. The van der Waals surface area contributed by atoms with Gasteiger partial charge in [0.2, 0.25) is 5.91 Å². The molecule has 0 aromatic rings. The molecular formula is C8H15NO6. The minimum atomic E-state index is -1.57. The minimum Gasteiger partial charge on any atom is -0.394 e. The molecule has 0 spiro atoms. The molecule has 1 rings (SSSR count). The van der Waals surface area contributed by atoms with Crippen LogP contribution in [0, 0.1) is 0 Å². The predicted octanol–water partition coefficient (Wildman–Crippen LogP) is -3.08. The minimum absolute atomic E-state index is 0.426. The van der Waals surface area contributed by atoms with Crippen LogP contribution in [0.25, 0.3) is 0 Å². The lowest BCUT2D eigenvalue weighted by atomic mass is 9.96. The number of aliphatic hydroxyl groups excluding tert-OH is 4. The molecule has 5 atom stereocenters. The van der Waals surface area contributed by atoms with Crippen LogP contribution in [0.1, 0.15) is 6.92 Å². The number of rotatable bonds is 2. The van der Waals surface area contributed by atoms with Crippen molar-refractivity contribution in [1.29, 1.82) is 0 Å². The summed E-state index contributed by atoms with van der Waals surface area (Å²) in [7, 11) is 0. The van der Waals surface area contributed by atoms with Crippen LogP contribution in [0.5, 0.6) is 0 Å². The number of nitrogens with one attached hydrogen (secondary N) is 1. The highest BCUT2D eigenvalue weighted by Crippen LogP contribution is 2.19. The van der Waals surface area contributed by atoms with Crippen molar-refractivity contribution >= 4 is 5.91 Å². The molecule has 1 aliphatic heterocycles. The second kappa shape index (κ2) is 4.86. The number of aliphatic hydroxyl groups is 4. The number of carbonyl (C=O) groups is 1. The molecular weight excluding hydrogens is 206 g/mol. The average molecular weight is 221 g/mol. The van der Waals surface area contributed by atoms with Gasteiger partial charge in [-0.1, -0.05) is 0 Å². The lowest BCUT2D eigenvalue weighted by Crippen LogP contribution is -2.64. The molecule has 0 aromatic carbocycles. The van der Waals surface area contributed by atoms with Crippen LogP contribution >= 0.6 is 0 Å². The van der Waals surface area contributed by atoms with Crippen molar-refractivity contribution in [2.45, 2.75) is 37.6 Å². The molecule has 0 aliphatic carbocycles. The largest absolute Gasteiger partial charge is 0.394 e. The van der Waals surface area contributed by atoms with Crippen LogP contribution < -0.4 is 5.32 Å². The summed E-state index contributed by atoms with van der Waals surface area (Å²) in [5.74, 6) is -0.426. The van der Waals surface area contributed by atoms with E-state index in [4.69, 9.17) is 14.9 Å². The van der Waals surface area contributed by atoms with E-state index in [0.717, 1.165) is 0 Å². The molecule has 1 heterocycles. The summed E-state index contributed by atoms with van der Waals surface area (Å²) >= 11 is 0. The van der Waals surface area contributed by atoms with E-state index >= 15 is 0 Å². The van der Waals surface area contributed by atoms with Crippen LogP contribution in [-0.2, 0) is 9.53 Å². The van der Waals surface area contributed by atoms with Crippen molar-refractivity contribution in [2.75, 3.05) is 6.61 Å². The molecule has 7 nitrogen and oxygen atoms in total. The normalized spacial score (nSPS) is 41.3. The standard InChI is InChI=1S/C8H15NO6/c1-3(11)9-5-4(2-10)15-8(14)7(13)6(5)12/h4-8,10,12-14H,2H2,1H3,(H,9,11)/t4-,5+,6+,7-,8+/m1/s1. The van der Waals surface area contributed by atoms with Gasteiger partial charge in [0.05, 0.1) is 12.6 Å². The maximum Gasteiger partial charge on any atom is 0.217 e. The smallest absolute Gasteiger partial charge is 0.217 e. The lowest BCUT2D eigenvalue weighted by molar-refractivity contribution is -0.262. The van der Waals surface area contributed by atoms with E-state index in [1.807, 2.05) is 0 Å². The Morgan fingerprint density at radius 3 is 2.40 bits per heavy atom. The van der Waals surface area contributed by atoms with Crippen LogP contribution in [0.3, 0.4) is 0 Å². The Kier molecular flexibility index (Phi) is 4.00. The maximum absolute atomic E-state index is 10.8. The van der Waals surface area contributed by atoms with Gasteiger partial charge in [-0.3, -0.25) is 4.79 Å². The molecule has 0 radical (unpaired) electrons. The number of ether oxygens (including phenoxy) is 1. The number of hydrogen-bond donors (Lipinski definition) is 5. The number of hydrogen-bond acceptors (Lipinski definition) is 6. The van der Waals surface area contributed by atoms with E-state index in [9.17, 15) is 15.0 Å². The van der Waals surface area contributed by atoms with Gasteiger partial charge in [-0.2, -0.15) is 0 Å². The first kappa shape index (κ1) is 12.3. The van der Waals surface area contributed by atoms with Gasteiger partial charge in [0.1, 0.15) is 18.3 Å². The summed E-state index contributed by atoms with van der Waals surface area (Å²) in [5, 5.41) is 39.2. The van der Waals surface area contributed by atoms with Crippen molar-refractivity contribution in [3.05, 3.63) is 0 Å². The van der Waals surface area contributed by atoms with Gasteiger partial charge in [0.15, 0.2) is 6.29 Å². The summed E-state index contributed by atoms with van der Waals surface area (Å²) in [6, 6.07) is -0.939. The zero-order chi connectivity index (χ0) is 11.6. The number of amides is 1. The predicted molar refractivity (Wildman–Crippen MR) is 47.6 cm³/mol. The second-order valence-corrected chi connectivity index (χ2v) is 3.46. The van der Waals surface area contributed by atoms with Crippen molar-refractivity contribution in [2.24, 2.45) is 0 Å². The fourth-order valence-electron chi connectivity index (χ4n) is 1.51. The van der Waals surface area contributed by atoms with Gasteiger partial charge >= 0.3 is 0 Å². The average Bonchev–Trinajstić information content (AvgIpc) is 2.18. The third kappa shape index (κ3) is 2.64. The molecule has 0 aromatic heterocycles. The van der Waals surface area contributed by atoms with Crippen LogP contribution in [-0.4, -0.2) is 63.6 Å². The van der Waals surface area contributed by atoms with Crippen LogP contribution in [0.2, 0.25) is 0 Å². The van der Waals surface area contributed by atoms with Gasteiger partial charge in [-0.25, -0.2) is 0 Å². The number of carbonyl (C=O) groups excluding carboxylic acids is 1.